The number of allylic oxidation sites excluding steroid dienone is 5. The standard InChI is InChI=1S/C17H17ClN2O2.C7H14.C2H6/c1-3-14(18)9-8-12(2)19-16(21)11-20-10-13-6-4-5-7-15(13)17(20)22;1-7-5-3-2-4-6-7;1-2/h3-9H,1,10-11H2,2H3,(H,19,21);7H,2-6H2,1H3;1-2H3/b12-8+,14-9+;;. The summed E-state index contributed by atoms with van der Waals surface area (Å²) in [6, 6.07) is 7.39. The molecule has 0 atom stereocenters. The summed E-state index contributed by atoms with van der Waals surface area (Å²) in [5.41, 5.74) is 2.27. The summed E-state index contributed by atoms with van der Waals surface area (Å²) in [6.07, 6.45) is 12.3. The molecule has 1 aromatic carbocycles. The number of nitrogens with one attached hydrogen (secondary N) is 1. The Bertz CT molecular complexity index is 792. The molecule has 31 heavy (non-hydrogen) atoms. The number of benzene rings is 1. The molecule has 4 nitrogen and oxygen atoms in total. The van der Waals surface area contributed by atoms with Gasteiger partial charge in [0, 0.05) is 22.8 Å². The minimum Gasteiger partial charge on any atom is -0.329 e. The van der Waals surface area contributed by atoms with E-state index in [0.717, 1.165) is 11.5 Å². The van der Waals surface area contributed by atoms with Crippen molar-refractivity contribution >= 4 is 23.4 Å². The lowest BCUT2D eigenvalue weighted by molar-refractivity contribution is -0.121. The van der Waals surface area contributed by atoms with E-state index in [1.807, 2.05) is 32.0 Å². The SMILES string of the molecule is C=C/C(Cl)=C\C=C(/C)NC(=O)CN1Cc2ccccc2C1=O.CC.CC1CCCCC1. The highest BCUT2D eigenvalue weighted by Crippen LogP contribution is 2.22. The van der Waals surface area contributed by atoms with Gasteiger partial charge in [-0.05, 0) is 36.6 Å². The van der Waals surface area contributed by atoms with Gasteiger partial charge in [-0.15, -0.1) is 0 Å². The van der Waals surface area contributed by atoms with Crippen molar-refractivity contribution in [1.82, 2.24) is 10.2 Å². The smallest absolute Gasteiger partial charge is 0.254 e. The molecule has 0 saturated heterocycles. The zero-order valence-electron chi connectivity index (χ0n) is 19.4. The Hall–Kier alpha value is -2.33. The van der Waals surface area contributed by atoms with Crippen molar-refractivity contribution in [2.75, 3.05) is 6.54 Å². The van der Waals surface area contributed by atoms with Gasteiger partial charge in [0.1, 0.15) is 6.54 Å². The quantitative estimate of drug-likeness (QED) is 0.521. The van der Waals surface area contributed by atoms with Crippen LogP contribution in [0.15, 0.2) is 59.8 Å². The number of carbonyl (C=O) groups is 2. The van der Waals surface area contributed by atoms with E-state index in [2.05, 4.69) is 18.8 Å². The molecule has 170 valence electrons. The molecule has 0 radical (unpaired) electrons. The first-order valence-electron chi connectivity index (χ1n) is 11.2. The summed E-state index contributed by atoms with van der Waals surface area (Å²) in [4.78, 5) is 25.7. The second kappa shape index (κ2) is 14.6. The maximum Gasteiger partial charge on any atom is 0.254 e. The predicted octanol–water partition coefficient (Wildman–Crippen LogP) is 6.58. The van der Waals surface area contributed by atoms with Gasteiger partial charge in [0.2, 0.25) is 5.91 Å². The molecule has 1 aliphatic carbocycles. The van der Waals surface area contributed by atoms with Gasteiger partial charge in [-0.1, -0.05) is 95.3 Å². The number of hydrogen-bond acceptors (Lipinski definition) is 2. The zero-order valence-corrected chi connectivity index (χ0v) is 20.2. The number of amides is 2. The van der Waals surface area contributed by atoms with Gasteiger partial charge >= 0.3 is 0 Å². The van der Waals surface area contributed by atoms with Crippen LogP contribution in [0.5, 0.6) is 0 Å². The van der Waals surface area contributed by atoms with Gasteiger partial charge in [-0.3, -0.25) is 9.59 Å². The van der Waals surface area contributed by atoms with Crippen LogP contribution < -0.4 is 5.32 Å². The second-order valence-electron chi connectivity index (χ2n) is 7.72. The van der Waals surface area contributed by atoms with Crippen LogP contribution >= 0.6 is 11.6 Å². The Morgan fingerprint density at radius 2 is 1.84 bits per heavy atom. The first-order valence-corrected chi connectivity index (χ1v) is 11.6. The Labute approximate surface area is 193 Å². The van der Waals surface area contributed by atoms with Crippen LogP contribution in [0.25, 0.3) is 0 Å². The molecule has 1 heterocycles. The molecule has 2 aliphatic rings. The maximum absolute atomic E-state index is 12.2. The summed E-state index contributed by atoms with van der Waals surface area (Å²) in [5, 5.41) is 3.21. The van der Waals surface area contributed by atoms with Crippen LogP contribution in [0.1, 0.15) is 75.7 Å². The third kappa shape index (κ3) is 9.56. The molecule has 0 aromatic heterocycles. The third-order valence-electron chi connectivity index (χ3n) is 5.15. The Balaban J connectivity index is 0.000000447. The molecule has 1 aliphatic heterocycles. The molecule has 0 bridgehead atoms. The molecule has 1 N–H and O–H groups in total. The van der Waals surface area contributed by atoms with Gasteiger partial charge in [0.05, 0.1) is 0 Å². The van der Waals surface area contributed by atoms with E-state index in [9.17, 15) is 9.59 Å². The topological polar surface area (TPSA) is 49.4 Å². The molecule has 1 aromatic rings. The van der Waals surface area contributed by atoms with E-state index in [1.54, 1.807) is 25.1 Å². The van der Waals surface area contributed by atoms with Crippen molar-refractivity contribution < 1.29 is 9.59 Å². The highest BCUT2D eigenvalue weighted by atomic mass is 35.5. The van der Waals surface area contributed by atoms with Crippen molar-refractivity contribution in [3.8, 4) is 0 Å². The van der Waals surface area contributed by atoms with Crippen LogP contribution in [0.2, 0.25) is 0 Å². The highest BCUT2D eigenvalue weighted by molar-refractivity contribution is 6.31. The van der Waals surface area contributed by atoms with Gasteiger partial charge < -0.3 is 10.2 Å². The summed E-state index contributed by atoms with van der Waals surface area (Å²) in [7, 11) is 0. The molecule has 2 amide bonds. The number of rotatable bonds is 5. The highest BCUT2D eigenvalue weighted by Gasteiger charge is 2.28. The van der Waals surface area contributed by atoms with Crippen molar-refractivity contribution in [2.45, 2.75) is 66.3 Å². The lowest BCUT2D eigenvalue weighted by Gasteiger charge is -2.15. The van der Waals surface area contributed by atoms with Gasteiger partial charge in [0.15, 0.2) is 0 Å². The molecular formula is C26H37ClN2O2. The predicted molar refractivity (Wildman–Crippen MR) is 131 cm³/mol. The van der Waals surface area contributed by atoms with Crippen LogP contribution in [0.4, 0.5) is 0 Å². The fraction of sp³-hybridized carbons (Fsp3) is 0.462. The van der Waals surface area contributed by atoms with E-state index in [4.69, 9.17) is 11.6 Å². The lowest BCUT2D eigenvalue weighted by atomic mass is 9.91. The normalized spacial score (nSPS) is 16.4. The molecule has 5 heteroatoms. The van der Waals surface area contributed by atoms with E-state index in [0.29, 0.717) is 22.8 Å². The monoisotopic (exact) mass is 444 g/mol. The van der Waals surface area contributed by atoms with Crippen LogP contribution in [-0.4, -0.2) is 23.3 Å². The first kappa shape index (κ1) is 26.7. The summed E-state index contributed by atoms with van der Waals surface area (Å²) in [5.74, 6) is 0.689. The Kier molecular flexibility index (Phi) is 12.6. The number of halogens is 1. The van der Waals surface area contributed by atoms with Crippen molar-refractivity contribution in [1.29, 1.82) is 0 Å². The molecular weight excluding hydrogens is 408 g/mol. The average molecular weight is 445 g/mol. The van der Waals surface area contributed by atoms with Crippen LogP contribution in [0.3, 0.4) is 0 Å². The third-order valence-corrected chi connectivity index (χ3v) is 5.43. The minimum absolute atomic E-state index is 0.0254. The largest absolute Gasteiger partial charge is 0.329 e. The zero-order chi connectivity index (χ0) is 23.2. The van der Waals surface area contributed by atoms with Crippen molar-refractivity contribution in [3.05, 3.63) is 70.9 Å². The maximum atomic E-state index is 12.2. The van der Waals surface area contributed by atoms with Gasteiger partial charge in [0.25, 0.3) is 5.91 Å². The number of nitrogens with zero attached hydrogens (tertiary/aromatic N) is 1. The number of hydrogen-bond donors (Lipinski definition) is 1. The molecule has 3 rings (SSSR count). The fourth-order valence-corrected chi connectivity index (χ4v) is 3.56. The Morgan fingerprint density at radius 3 is 2.39 bits per heavy atom. The van der Waals surface area contributed by atoms with E-state index in [-0.39, 0.29) is 18.4 Å². The molecule has 1 saturated carbocycles. The van der Waals surface area contributed by atoms with E-state index < -0.39 is 0 Å². The average Bonchev–Trinajstić information content (AvgIpc) is 3.09. The van der Waals surface area contributed by atoms with Crippen LogP contribution in [0, 0.1) is 5.92 Å². The molecule has 0 spiro atoms. The molecule has 1 fully saturated rings. The summed E-state index contributed by atoms with van der Waals surface area (Å²) in [6.45, 7) is 12.1. The number of fused-ring (bicyclic) bond motifs is 1. The fourth-order valence-electron chi connectivity index (χ4n) is 3.50. The van der Waals surface area contributed by atoms with Crippen molar-refractivity contribution in [3.63, 3.8) is 0 Å². The minimum atomic E-state index is -0.238. The van der Waals surface area contributed by atoms with E-state index in [1.165, 1.54) is 43.1 Å². The first-order chi connectivity index (χ1) is 14.9. The van der Waals surface area contributed by atoms with E-state index >= 15 is 0 Å². The molecule has 0 unspecified atom stereocenters. The van der Waals surface area contributed by atoms with Crippen LogP contribution in [-0.2, 0) is 11.3 Å². The second-order valence-corrected chi connectivity index (χ2v) is 8.15. The lowest BCUT2D eigenvalue weighted by Crippen LogP contribution is -2.36. The van der Waals surface area contributed by atoms with Gasteiger partial charge in [-0.25, -0.2) is 0 Å². The summed E-state index contributed by atoms with van der Waals surface area (Å²) < 4.78 is 0. The van der Waals surface area contributed by atoms with Gasteiger partial charge in [-0.2, -0.15) is 0 Å². The Morgan fingerprint density at radius 1 is 1.19 bits per heavy atom. The summed E-state index contributed by atoms with van der Waals surface area (Å²) >= 11 is 5.79. The number of carbonyl (C=O) groups excluding carboxylic acids is 2. The van der Waals surface area contributed by atoms with Crippen molar-refractivity contribution in [2.24, 2.45) is 5.92 Å².